The molecule has 3 heterocycles. The number of benzene rings is 1. The van der Waals surface area contributed by atoms with E-state index in [-0.39, 0.29) is 5.75 Å². The fourth-order valence-electron chi connectivity index (χ4n) is 3.77. The van der Waals surface area contributed by atoms with Crippen molar-refractivity contribution in [1.82, 2.24) is 14.9 Å². The van der Waals surface area contributed by atoms with Crippen molar-refractivity contribution in [2.24, 2.45) is 0 Å². The van der Waals surface area contributed by atoms with Gasteiger partial charge in [-0.3, -0.25) is 4.90 Å². The molecule has 1 aliphatic heterocycles. The second-order valence-corrected chi connectivity index (χ2v) is 7.41. The number of methoxy groups -OCH3 is 1. The third-order valence-electron chi connectivity index (χ3n) is 5.43. The average Bonchev–Trinajstić information content (AvgIpc) is 2.80. The maximum Gasteiger partial charge on any atom is 0.213 e. The molecule has 1 aromatic carbocycles. The molecule has 0 saturated carbocycles. The minimum absolute atomic E-state index is 0.181. The summed E-state index contributed by atoms with van der Waals surface area (Å²) < 4.78 is 11.2. The number of unbranched alkanes of at least 4 members (excludes halogenated alkanes) is 1. The second kappa shape index (κ2) is 9.63. The van der Waals surface area contributed by atoms with Crippen LogP contribution in [0.25, 0.3) is 10.9 Å². The number of pyridine rings is 2. The predicted molar refractivity (Wildman–Crippen MR) is 118 cm³/mol. The number of phenolic OH excluding ortho intramolecular Hbond substituents is 1. The zero-order valence-corrected chi connectivity index (χ0v) is 17.3. The number of rotatable bonds is 8. The maximum atomic E-state index is 9.93. The van der Waals surface area contributed by atoms with E-state index >= 15 is 0 Å². The van der Waals surface area contributed by atoms with Gasteiger partial charge in [0.15, 0.2) is 11.6 Å². The van der Waals surface area contributed by atoms with Gasteiger partial charge >= 0.3 is 0 Å². The lowest BCUT2D eigenvalue weighted by Gasteiger charge is -2.35. The number of aromatic hydroxyl groups is 1. The summed E-state index contributed by atoms with van der Waals surface area (Å²) in [5.41, 5.74) is 0.581. The second-order valence-electron chi connectivity index (χ2n) is 7.41. The summed E-state index contributed by atoms with van der Waals surface area (Å²) in [4.78, 5) is 13.7. The van der Waals surface area contributed by atoms with Crippen molar-refractivity contribution >= 4 is 16.7 Å². The van der Waals surface area contributed by atoms with Crippen LogP contribution in [-0.2, 0) is 0 Å². The van der Waals surface area contributed by atoms with Crippen molar-refractivity contribution in [3.63, 3.8) is 0 Å². The molecule has 7 nitrogen and oxygen atoms in total. The molecule has 1 saturated heterocycles. The zero-order chi connectivity index (χ0) is 20.8. The molecule has 3 aromatic rings. The molecule has 7 heteroatoms. The Balaban J connectivity index is 1.18. The first-order valence-electron chi connectivity index (χ1n) is 10.4. The molecule has 2 aromatic heterocycles. The Kier molecular flexibility index (Phi) is 6.49. The third-order valence-corrected chi connectivity index (χ3v) is 5.43. The largest absolute Gasteiger partial charge is 0.506 e. The molecule has 0 amide bonds. The minimum atomic E-state index is 0.181. The quantitative estimate of drug-likeness (QED) is 0.573. The highest BCUT2D eigenvalue weighted by molar-refractivity contribution is 5.84. The summed E-state index contributed by atoms with van der Waals surface area (Å²) in [5.74, 6) is 2.50. The van der Waals surface area contributed by atoms with Crippen molar-refractivity contribution in [2.45, 2.75) is 12.8 Å². The van der Waals surface area contributed by atoms with Gasteiger partial charge in [-0.25, -0.2) is 9.97 Å². The highest BCUT2D eigenvalue weighted by atomic mass is 16.5. The van der Waals surface area contributed by atoms with Crippen LogP contribution < -0.4 is 14.4 Å². The van der Waals surface area contributed by atoms with Gasteiger partial charge in [0.05, 0.1) is 13.7 Å². The number of ether oxygens (including phenoxy) is 2. The number of hydrogen-bond donors (Lipinski definition) is 1. The molecule has 0 bridgehead atoms. The van der Waals surface area contributed by atoms with Gasteiger partial charge in [-0.05, 0) is 43.7 Å². The lowest BCUT2D eigenvalue weighted by atomic mass is 10.2. The van der Waals surface area contributed by atoms with Crippen LogP contribution in [0.15, 0.2) is 48.7 Å². The van der Waals surface area contributed by atoms with Gasteiger partial charge in [-0.15, -0.1) is 0 Å². The molecule has 0 atom stereocenters. The van der Waals surface area contributed by atoms with Crippen LogP contribution >= 0.6 is 0 Å². The van der Waals surface area contributed by atoms with Gasteiger partial charge in [0.2, 0.25) is 5.88 Å². The number of hydrogen-bond acceptors (Lipinski definition) is 7. The summed E-state index contributed by atoms with van der Waals surface area (Å²) in [6.45, 7) is 5.63. The molecule has 1 N–H and O–H groups in total. The Morgan fingerprint density at radius 3 is 2.70 bits per heavy atom. The fourth-order valence-corrected chi connectivity index (χ4v) is 3.77. The van der Waals surface area contributed by atoms with E-state index in [0.717, 1.165) is 62.5 Å². The zero-order valence-electron chi connectivity index (χ0n) is 17.3. The van der Waals surface area contributed by atoms with Crippen LogP contribution in [0.2, 0.25) is 0 Å². The molecular formula is C23H28N4O3. The number of phenols is 1. The number of fused-ring (bicyclic) bond motifs is 1. The minimum Gasteiger partial charge on any atom is -0.506 e. The lowest BCUT2D eigenvalue weighted by Crippen LogP contribution is -2.47. The summed E-state index contributed by atoms with van der Waals surface area (Å²) >= 11 is 0. The smallest absolute Gasteiger partial charge is 0.213 e. The number of piperazine rings is 1. The summed E-state index contributed by atoms with van der Waals surface area (Å²) in [6.07, 6.45) is 3.86. The summed E-state index contributed by atoms with van der Waals surface area (Å²) in [6, 6.07) is 13.0. The van der Waals surface area contributed by atoms with Gasteiger partial charge in [-0.1, -0.05) is 12.1 Å². The summed E-state index contributed by atoms with van der Waals surface area (Å²) in [5, 5.41) is 10.8. The third kappa shape index (κ3) is 4.74. The normalized spacial score (nSPS) is 14.8. The van der Waals surface area contributed by atoms with Crippen LogP contribution in [0, 0.1) is 0 Å². The van der Waals surface area contributed by atoms with Gasteiger partial charge in [-0.2, -0.15) is 0 Å². The van der Waals surface area contributed by atoms with E-state index in [1.54, 1.807) is 13.2 Å². The van der Waals surface area contributed by atoms with Crippen LogP contribution in [-0.4, -0.2) is 66.4 Å². The van der Waals surface area contributed by atoms with E-state index in [2.05, 4.69) is 19.8 Å². The molecule has 4 rings (SSSR count). The van der Waals surface area contributed by atoms with Gasteiger partial charge in [0.25, 0.3) is 0 Å². The van der Waals surface area contributed by atoms with E-state index in [0.29, 0.717) is 18.0 Å². The monoisotopic (exact) mass is 408 g/mol. The Bertz CT molecular complexity index is 974. The topological polar surface area (TPSA) is 71.0 Å². The van der Waals surface area contributed by atoms with Crippen LogP contribution in [0.4, 0.5) is 5.82 Å². The lowest BCUT2D eigenvalue weighted by molar-refractivity contribution is 0.236. The van der Waals surface area contributed by atoms with Crippen molar-refractivity contribution in [1.29, 1.82) is 0 Å². The number of anilines is 1. The van der Waals surface area contributed by atoms with E-state index in [1.165, 1.54) is 0 Å². The maximum absolute atomic E-state index is 9.93. The van der Waals surface area contributed by atoms with Gasteiger partial charge < -0.3 is 19.5 Å². The Morgan fingerprint density at radius 2 is 1.87 bits per heavy atom. The van der Waals surface area contributed by atoms with E-state index in [1.807, 2.05) is 42.6 Å². The summed E-state index contributed by atoms with van der Waals surface area (Å²) in [7, 11) is 1.69. The first-order chi connectivity index (χ1) is 14.7. The van der Waals surface area contributed by atoms with Crippen molar-refractivity contribution in [3.8, 4) is 17.4 Å². The number of para-hydroxylation sites is 1. The standard InChI is InChI=1S/C23H28N4O3/c1-29-20-8-5-11-24-23(20)27-15-13-26(14-16-27)12-2-3-17-30-21-10-9-18-6-4-7-19(28)22(18)25-21/h4-11,28H,2-3,12-17H2,1H3. The van der Waals surface area contributed by atoms with Crippen LogP contribution in [0.3, 0.4) is 0 Å². The van der Waals surface area contributed by atoms with Crippen LogP contribution in [0.1, 0.15) is 12.8 Å². The number of aromatic nitrogens is 2. The molecule has 0 unspecified atom stereocenters. The molecule has 1 fully saturated rings. The van der Waals surface area contributed by atoms with E-state index < -0.39 is 0 Å². The molecular weight excluding hydrogens is 380 g/mol. The van der Waals surface area contributed by atoms with Gasteiger partial charge in [0.1, 0.15) is 11.3 Å². The SMILES string of the molecule is COc1cccnc1N1CCN(CCCCOc2ccc3cccc(O)c3n2)CC1. The molecule has 158 valence electrons. The molecule has 1 aliphatic rings. The fraction of sp³-hybridized carbons (Fsp3) is 0.391. The number of nitrogens with zero attached hydrogens (tertiary/aromatic N) is 4. The van der Waals surface area contributed by atoms with Crippen molar-refractivity contribution in [3.05, 3.63) is 48.7 Å². The molecule has 0 aliphatic carbocycles. The Morgan fingerprint density at radius 1 is 1.00 bits per heavy atom. The average molecular weight is 409 g/mol. The Labute approximate surface area is 176 Å². The highest BCUT2D eigenvalue weighted by Crippen LogP contribution is 2.26. The first-order valence-corrected chi connectivity index (χ1v) is 10.4. The van der Waals surface area contributed by atoms with Crippen molar-refractivity contribution in [2.75, 3.05) is 51.3 Å². The molecule has 30 heavy (non-hydrogen) atoms. The molecule has 0 spiro atoms. The van der Waals surface area contributed by atoms with E-state index in [9.17, 15) is 5.11 Å². The predicted octanol–water partition coefficient (Wildman–Crippen LogP) is 3.33. The van der Waals surface area contributed by atoms with Gasteiger partial charge in [0, 0.05) is 43.8 Å². The van der Waals surface area contributed by atoms with Crippen LogP contribution in [0.5, 0.6) is 17.4 Å². The van der Waals surface area contributed by atoms with E-state index in [4.69, 9.17) is 9.47 Å². The van der Waals surface area contributed by atoms with Crippen molar-refractivity contribution < 1.29 is 14.6 Å². The first kappa shape index (κ1) is 20.2. The highest BCUT2D eigenvalue weighted by Gasteiger charge is 2.20. The molecule has 0 radical (unpaired) electrons. The Hall–Kier alpha value is -3.06.